The maximum absolute atomic E-state index is 12.9. The summed E-state index contributed by atoms with van der Waals surface area (Å²) in [6.07, 6.45) is -4.54. The number of amides is 2. The summed E-state index contributed by atoms with van der Waals surface area (Å²) in [6, 6.07) is 11.8. The lowest BCUT2D eigenvalue weighted by atomic mass is 10.1. The molecule has 1 saturated heterocycles. The van der Waals surface area contributed by atoms with Crippen LogP contribution in [0.1, 0.15) is 17.5 Å². The van der Waals surface area contributed by atoms with Crippen LogP contribution in [-0.4, -0.2) is 25.5 Å². The number of benzene rings is 2. The van der Waals surface area contributed by atoms with E-state index in [0.29, 0.717) is 5.75 Å². The van der Waals surface area contributed by atoms with E-state index in [9.17, 15) is 22.8 Å². The lowest BCUT2D eigenvalue weighted by Gasteiger charge is -2.18. The predicted molar refractivity (Wildman–Crippen MR) is 96.7 cm³/mol. The molecule has 0 saturated carbocycles. The van der Waals surface area contributed by atoms with Crippen LogP contribution in [0.3, 0.4) is 0 Å². The van der Waals surface area contributed by atoms with Gasteiger partial charge in [0, 0.05) is 25.2 Å². The maximum Gasteiger partial charge on any atom is 0.416 e. The minimum Gasteiger partial charge on any atom is -0.497 e. The molecule has 28 heavy (non-hydrogen) atoms. The fraction of sp³-hybridized carbons (Fsp3) is 0.300. The Bertz CT molecular complexity index is 883. The van der Waals surface area contributed by atoms with Crippen LogP contribution < -0.4 is 15.0 Å². The summed E-state index contributed by atoms with van der Waals surface area (Å²) in [7, 11) is 1.55. The quantitative estimate of drug-likeness (QED) is 0.849. The molecule has 0 radical (unpaired) electrons. The predicted octanol–water partition coefficient (Wildman–Crippen LogP) is 3.38. The lowest BCUT2D eigenvalue weighted by Crippen LogP contribution is -2.32. The largest absolute Gasteiger partial charge is 0.497 e. The number of alkyl halides is 3. The van der Waals surface area contributed by atoms with E-state index in [0.717, 1.165) is 17.7 Å². The Labute approximate surface area is 160 Å². The number of nitrogens with one attached hydrogen (secondary N) is 1. The van der Waals surface area contributed by atoms with E-state index in [4.69, 9.17) is 4.74 Å². The standard InChI is InChI=1S/C20H19F3N2O3/c1-28-17-7-2-4-13(8-17)11-24-19(27)14-9-18(26)25(12-14)16-6-3-5-15(10-16)20(21,22)23/h2-8,10,14H,9,11-12H2,1H3,(H,24,27)/t14-/m1/s1. The maximum atomic E-state index is 12.9. The van der Waals surface area contributed by atoms with E-state index in [1.54, 1.807) is 25.3 Å². The lowest BCUT2D eigenvalue weighted by molar-refractivity contribution is -0.137. The molecule has 1 atom stereocenters. The molecule has 2 aromatic carbocycles. The number of nitrogens with zero attached hydrogens (tertiary/aromatic N) is 1. The summed E-state index contributed by atoms with van der Waals surface area (Å²) >= 11 is 0. The third-order valence-electron chi connectivity index (χ3n) is 4.58. The number of halogens is 3. The van der Waals surface area contributed by atoms with Crippen molar-refractivity contribution in [2.24, 2.45) is 5.92 Å². The van der Waals surface area contributed by atoms with Crippen molar-refractivity contribution in [3.63, 3.8) is 0 Å². The Balaban J connectivity index is 1.64. The Kier molecular flexibility index (Phi) is 5.58. The van der Waals surface area contributed by atoms with Gasteiger partial charge >= 0.3 is 6.18 Å². The molecular formula is C20H19F3N2O3. The zero-order valence-corrected chi connectivity index (χ0v) is 15.1. The third-order valence-corrected chi connectivity index (χ3v) is 4.58. The van der Waals surface area contributed by atoms with E-state index in [1.165, 1.54) is 17.0 Å². The first kappa shape index (κ1) is 19.7. The molecule has 0 aromatic heterocycles. The van der Waals surface area contributed by atoms with Gasteiger partial charge in [-0.15, -0.1) is 0 Å². The van der Waals surface area contributed by atoms with Gasteiger partial charge in [0.1, 0.15) is 5.75 Å². The van der Waals surface area contributed by atoms with Crippen LogP contribution in [0.2, 0.25) is 0 Å². The van der Waals surface area contributed by atoms with Crippen LogP contribution in [0.4, 0.5) is 18.9 Å². The first-order chi connectivity index (χ1) is 13.3. The minimum absolute atomic E-state index is 0.0415. The molecule has 1 fully saturated rings. The number of carbonyl (C=O) groups excluding carboxylic acids is 2. The summed E-state index contributed by atoms with van der Waals surface area (Å²) in [6.45, 7) is 0.314. The average molecular weight is 392 g/mol. The highest BCUT2D eigenvalue weighted by Gasteiger charge is 2.36. The average Bonchev–Trinajstić information content (AvgIpc) is 3.07. The zero-order valence-electron chi connectivity index (χ0n) is 15.1. The van der Waals surface area contributed by atoms with Gasteiger partial charge in [-0.1, -0.05) is 18.2 Å². The van der Waals surface area contributed by atoms with Crippen molar-refractivity contribution >= 4 is 17.5 Å². The summed E-state index contributed by atoms with van der Waals surface area (Å²) < 4.78 is 43.8. The van der Waals surface area contributed by atoms with Crippen LogP contribution in [-0.2, 0) is 22.3 Å². The van der Waals surface area contributed by atoms with E-state index >= 15 is 0 Å². The Hall–Kier alpha value is -3.03. The van der Waals surface area contributed by atoms with Crippen LogP contribution in [0.5, 0.6) is 5.75 Å². The van der Waals surface area contributed by atoms with Crippen molar-refractivity contribution < 1.29 is 27.5 Å². The number of methoxy groups -OCH3 is 1. The van der Waals surface area contributed by atoms with Crippen molar-refractivity contribution in [2.75, 3.05) is 18.6 Å². The molecule has 148 valence electrons. The molecule has 0 spiro atoms. The SMILES string of the molecule is COc1cccc(CNC(=O)[C@@H]2CC(=O)N(c3cccc(C(F)(F)F)c3)C2)c1. The summed E-state index contributed by atoms with van der Waals surface area (Å²) in [4.78, 5) is 25.9. The molecule has 2 aromatic rings. The van der Waals surface area contributed by atoms with E-state index in [2.05, 4.69) is 5.32 Å². The third kappa shape index (κ3) is 4.44. The van der Waals surface area contributed by atoms with Gasteiger partial charge in [0.15, 0.2) is 0 Å². The number of ether oxygens (including phenoxy) is 1. The molecule has 0 bridgehead atoms. The van der Waals surface area contributed by atoms with Gasteiger partial charge < -0.3 is 15.0 Å². The topological polar surface area (TPSA) is 58.6 Å². The molecule has 1 aliphatic heterocycles. The molecule has 1 heterocycles. The zero-order chi connectivity index (χ0) is 20.3. The first-order valence-corrected chi connectivity index (χ1v) is 8.66. The van der Waals surface area contributed by atoms with Gasteiger partial charge in [-0.3, -0.25) is 9.59 Å². The molecular weight excluding hydrogens is 373 g/mol. The Morgan fingerprint density at radius 2 is 1.96 bits per heavy atom. The van der Waals surface area contributed by atoms with Crippen molar-refractivity contribution in [2.45, 2.75) is 19.1 Å². The van der Waals surface area contributed by atoms with Crippen molar-refractivity contribution in [1.82, 2.24) is 5.32 Å². The minimum atomic E-state index is -4.49. The molecule has 0 unspecified atom stereocenters. The van der Waals surface area contributed by atoms with Crippen molar-refractivity contribution in [1.29, 1.82) is 0 Å². The Morgan fingerprint density at radius 3 is 2.68 bits per heavy atom. The first-order valence-electron chi connectivity index (χ1n) is 8.66. The van der Waals surface area contributed by atoms with Crippen molar-refractivity contribution in [3.8, 4) is 5.75 Å². The number of hydrogen-bond donors (Lipinski definition) is 1. The molecule has 8 heteroatoms. The van der Waals surface area contributed by atoms with Crippen LogP contribution in [0.15, 0.2) is 48.5 Å². The van der Waals surface area contributed by atoms with Gasteiger partial charge in [0.25, 0.3) is 0 Å². The van der Waals surface area contributed by atoms with E-state index < -0.39 is 17.7 Å². The monoisotopic (exact) mass is 392 g/mol. The molecule has 0 aliphatic carbocycles. The number of anilines is 1. The smallest absolute Gasteiger partial charge is 0.416 e. The number of hydrogen-bond acceptors (Lipinski definition) is 3. The molecule has 2 amide bonds. The molecule has 1 N–H and O–H groups in total. The summed E-state index contributed by atoms with van der Waals surface area (Å²) in [5.74, 6) is -0.641. The van der Waals surface area contributed by atoms with Crippen LogP contribution >= 0.6 is 0 Å². The normalized spacial score (nSPS) is 16.9. The van der Waals surface area contributed by atoms with Crippen LogP contribution in [0.25, 0.3) is 0 Å². The highest BCUT2D eigenvalue weighted by molar-refractivity contribution is 6.00. The van der Waals surface area contributed by atoms with Gasteiger partial charge in [-0.05, 0) is 35.9 Å². The van der Waals surface area contributed by atoms with E-state index in [-0.39, 0.29) is 37.0 Å². The second-order valence-corrected chi connectivity index (χ2v) is 6.52. The Morgan fingerprint density at radius 1 is 1.21 bits per heavy atom. The summed E-state index contributed by atoms with van der Waals surface area (Å²) in [5, 5.41) is 2.77. The molecule has 3 rings (SSSR count). The van der Waals surface area contributed by atoms with Gasteiger partial charge in [0.2, 0.25) is 11.8 Å². The van der Waals surface area contributed by atoms with E-state index in [1.807, 2.05) is 6.07 Å². The van der Waals surface area contributed by atoms with Gasteiger partial charge in [-0.25, -0.2) is 0 Å². The van der Waals surface area contributed by atoms with Gasteiger partial charge in [0.05, 0.1) is 18.6 Å². The second kappa shape index (κ2) is 7.92. The molecule has 1 aliphatic rings. The highest BCUT2D eigenvalue weighted by atomic mass is 19.4. The fourth-order valence-electron chi connectivity index (χ4n) is 3.10. The molecule has 5 nitrogen and oxygen atoms in total. The van der Waals surface area contributed by atoms with Crippen molar-refractivity contribution in [3.05, 3.63) is 59.7 Å². The van der Waals surface area contributed by atoms with Gasteiger partial charge in [-0.2, -0.15) is 13.2 Å². The highest BCUT2D eigenvalue weighted by Crippen LogP contribution is 2.33. The number of rotatable bonds is 5. The van der Waals surface area contributed by atoms with Crippen LogP contribution in [0, 0.1) is 5.92 Å². The number of carbonyl (C=O) groups is 2. The fourth-order valence-corrected chi connectivity index (χ4v) is 3.10. The summed E-state index contributed by atoms with van der Waals surface area (Å²) in [5.41, 5.74) is 0.151. The second-order valence-electron chi connectivity index (χ2n) is 6.52.